The van der Waals surface area contributed by atoms with Crippen molar-refractivity contribution >= 4 is 23.1 Å². The number of hydrogen-bond acceptors (Lipinski definition) is 5. The van der Waals surface area contributed by atoms with Gasteiger partial charge in [-0.25, -0.2) is 4.98 Å². The largest absolute Gasteiger partial charge is 0.493 e. The average Bonchev–Trinajstić information content (AvgIpc) is 2.74. The molecule has 2 N–H and O–H groups in total. The summed E-state index contributed by atoms with van der Waals surface area (Å²) in [5.74, 6) is 0.883. The van der Waals surface area contributed by atoms with E-state index in [0.29, 0.717) is 29.6 Å². The fourth-order valence-electron chi connectivity index (χ4n) is 3.03. The van der Waals surface area contributed by atoms with Crippen molar-refractivity contribution in [2.24, 2.45) is 5.92 Å². The Bertz CT molecular complexity index is 1020. The summed E-state index contributed by atoms with van der Waals surface area (Å²) in [4.78, 5) is 8.00. The number of halogens is 3. The number of aryl methyl sites for hydroxylation is 1. The molecule has 0 bridgehead atoms. The first-order valence-electron chi connectivity index (χ1n) is 10.5. The van der Waals surface area contributed by atoms with Gasteiger partial charge in [0.15, 0.2) is 0 Å². The topological polar surface area (TPSA) is 59.1 Å². The van der Waals surface area contributed by atoms with E-state index in [1.807, 2.05) is 19.1 Å². The number of anilines is 4. The first kappa shape index (κ1) is 23.4. The van der Waals surface area contributed by atoms with Gasteiger partial charge < -0.3 is 15.4 Å². The van der Waals surface area contributed by atoms with Crippen LogP contribution in [0.1, 0.15) is 38.3 Å². The summed E-state index contributed by atoms with van der Waals surface area (Å²) in [5.41, 5.74) is 1.23. The molecular weight excluding hydrogens is 417 g/mol. The zero-order valence-corrected chi connectivity index (χ0v) is 18.3. The predicted molar refractivity (Wildman–Crippen MR) is 121 cm³/mol. The summed E-state index contributed by atoms with van der Waals surface area (Å²) < 4.78 is 46.4. The molecule has 1 aromatic heterocycles. The van der Waals surface area contributed by atoms with E-state index in [1.165, 1.54) is 0 Å². The number of ether oxygens (including phenoxy) is 1. The summed E-state index contributed by atoms with van der Waals surface area (Å²) in [6.07, 6.45) is -2.18. The van der Waals surface area contributed by atoms with Crippen LogP contribution in [0.15, 0.2) is 54.7 Å². The molecule has 5 nitrogen and oxygen atoms in total. The lowest BCUT2D eigenvalue weighted by Crippen LogP contribution is -2.13. The first-order valence-corrected chi connectivity index (χ1v) is 10.5. The minimum Gasteiger partial charge on any atom is -0.493 e. The molecule has 1 heterocycles. The highest BCUT2D eigenvalue weighted by atomic mass is 19.4. The van der Waals surface area contributed by atoms with Gasteiger partial charge in [0, 0.05) is 17.6 Å². The maximum atomic E-state index is 13.6. The van der Waals surface area contributed by atoms with Gasteiger partial charge in [0.2, 0.25) is 5.95 Å². The normalized spacial score (nSPS) is 11.5. The number of aromatic nitrogens is 2. The van der Waals surface area contributed by atoms with Crippen LogP contribution in [0.5, 0.6) is 5.75 Å². The Morgan fingerprint density at radius 2 is 1.72 bits per heavy atom. The van der Waals surface area contributed by atoms with Crippen LogP contribution in [0, 0.1) is 5.92 Å². The molecule has 8 heteroatoms. The lowest BCUT2D eigenvalue weighted by atomic mass is 10.1. The summed E-state index contributed by atoms with van der Waals surface area (Å²) in [5, 5.41) is 5.82. The minimum absolute atomic E-state index is 0.0596. The third-order valence-corrected chi connectivity index (χ3v) is 4.58. The van der Waals surface area contributed by atoms with Crippen LogP contribution in [0.4, 0.5) is 36.3 Å². The van der Waals surface area contributed by atoms with E-state index in [-0.39, 0.29) is 11.8 Å². The fraction of sp³-hybridized carbons (Fsp3) is 0.333. The summed E-state index contributed by atoms with van der Waals surface area (Å²) in [6.45, 7) is 6.74. The molecule has 3 aromatic rings. The fourth-order valence-corrected chi connectivity index (χ4v) is 3.03. The zero-order chi connectivity index (χ0) is 23.1. The molecule has 0 unspecified atom stereocenters. The molecule has 32 heavy (non-hydrogen) atoms. The van der Waals surface area contributed by atoms with E-state index in [4.69, 9.17) is 4.74 Å². The Hall–Kier alpha value is -3.29. The van der Waals surface area contributed by atoms with Crippen LogP contribution in [0.2, 0.25) is 0 Å². The molecule has 0 aliphatic rings. The van der Waals surface area contributed by atoms with Gasteiger partial charge in [0.25, 0.3) is 0 Å². The highest BCUT2D eigenvalue weighted by Crippen LogP contribution is 2.36. The maximum absolute atomic E-state index is 13.6. The number of rotatable bonds is 9. The van der Waals surface area contributed by atoms with Crippen LogP contribution in [-0.4, -0.2) is 16.6 Å². The summed E-state index contributed by atoms with van der Waals surface area (Å²) >= 11 is 0. The van der Waals surface area contributed by atoms with Crippen molar-refractivity contribution in [1.82, 2.24) is 9.97 Å². The van der Waals surface area contributed by atoms with Crippen molar-refractivity contribution < 1.29 is 17.9 Å². The van der Waals surface area contributed by atoms with Crippen LogP contribution in [-0.2, 0) is 12.6 Å². The van der Waals surface area contributed by atoms with Gasteiger partial charge >= 0.3 is 6.18 Å². The number of alkyl halides is 3. The molecule has 0 atom stereocenters. The van der Waals surface area contributed by atoms with Gasteiger partial charge in [-0.05, 0) is 48.2 Å². The Kier molecular flexibility index (Phi) is 7.56. The van der Waals surface area contributed by atoms with Crippen molar-refractivity contribution in [2.75, 3.05) is 17.2 Å². The Morgan fingerprint density at radius 1 is 1.00 bits per heavy atom. The number of hydrogen-bond donors (Lipinski definition) is 2. The van der Waals surface area contributed by atoms with Gasteiger partial charge in [-0.2, -0.15) is 18.2 Å². The van der Waals surface area contributed by atoms with E-state index in [0.717, 1.165) is 24.6 Å². The number of para-hydroxylation sites is 1. The molecule has 0 saturated carbocycles. The molecule has 0 aliphatic carbocycles. The van der Waals surface area contributed by atoms with Crippen molar-refractivity contribution in [3.05, 3.63) is 65.9 Å². The van der Waals surface area contributed by atoms with Gasteiger partial charge in [-0.15, -0.1) is 0 Å². The van der Waals surface area contributed by atoms with E-state index >= 15 is 0 Å². The molecule has 0 radical (unpaired) electrons. The number of nitrogens with zero attached hydrogens (tertiary/aromatic N) is 2. The van der Waals surface area contributed by atoms with Crippen LogP contribution >= 0.6 is 0 Å². The molecule has 0 fully saturated rings. The summed E-state index contributed by atoms with van der Waals surface area (Å²) in [6, 6.07) is 14.4. The Balaban J connectivity index is 1.85. The Labute approximate surface area is 186 Å². The Morgan fingerprint density at radius 3 is 2.38 bits per heavy atom. The minimum atomic E-state index is -4.59. The second-order valence-electron chi connectivity index (χ2n) is 7.84. The maximum Gasteiger partial charge on any atom is 0.421 e. The molecule has 0 aliphatic heterocycles. The monoisotopic (exact) mass is 444 g/mol. The zero-order valence-electron chi connectivity index (χ0n) is 18.3. The highest BCUT2D eigenvalue weighted by Gasteiger charge is 2.35. The number of benzene rings is 2. The quantitative estimate of drug-likeness (QED) is 0.373. The second kappa shape index (κ2) is 10.3. The van der Waals surface area contributed by atoms with E-state index in [2.05, 4.69) is 34.4 Å². The molecular formula is C24H27F3N4O. The smallest absolute Gasteiger partial charge is 0.421 e. The van der Waals surface area contributed by atoms with Crippen LogP contribution in [0.3, 0.4) is 0 Å². The van der Waals surface area contributed by atoms with E-state index < -0.39 is 11.7 Å². The molecule has 2 aromatic carbocycles. The third-order valence-electron chi connectivity index (χ3n) is 4.58. The van der Waals surface area contributed by atoms with Gasteiger partial charge in [-0.1, -0.05) is 45.4 Å². The van der Waals surface area contributed by atoms with Gasteiger partial charge in [-0.3, -0.25) is 0 Å². The van der Waals surface area contributed by atoms with E-state index in [9.17, 15) is 13.2 Å². The lowest BCUT2D eigenvalue weighted by Gasteiger charge is -2.17. The number of nitrogens with one attached hydrogen (secondary N) is 2. The van der Waals surface area contributed by atoms with E-state index in [1.54, 1.807) is 36.4 Å². The second-order valence-corrected chi connectivity index (χ2v) is 7.84. The molecule has 3 rings (SSSR count). The highest BCUT2D eigenvalue weighted by molar-refractivity contribution is 5.65. The standard InChI is InChI=1S/C24H27F3N4O/c1-4-7-17-8-5-6-9-21(17)30-22-20(24(25,26)27)14-28-23(31-22)29-18-10-12-19(13-11-18)32-15-16(2)3/h5-6,8-14,16H,4,7,15H2,1-3H3,(H2,28,29,30,31). The summed E-state index contributed by atoms with van der Waals surface area (Å²) in [7, 11) is 0. The van der Waals surface area contributed by atoms with Crippen LogP contribution in [0.25, 0.3) is 0 Å². The molecule has 0 amide bonds. The molecule has 170 valence electrons. The lowest BCUT2D eigenvalue weighted by molar-refractivity contribution is -0.137. The SMILES string of the molecule is CCCc1ccccc1Nc1nc(Nc2ccc(OCC(C)C)cc2)ncc1C(F)(F)F. The van der Waals surface area contributed by atoms with Gasteiger partial charge in [0.05, 0.1) is 6.61 Å². The average molecular weight is 445 g/mol. The van der Waals surface area contributed by atoms with Gasteiger partial charge in [0.1, 0.15) is 17.1 Å². The molecule has 0 saturated heterocycles. The molecule has 0 spiro atoms. The first-order chi connectivity index (χ1) is 15.3. The van der Waals surface area contributed by atoms with Crippen molar-refractivity contribution in [2.45, 2.75) is 39.8 Å². The van der Waals surface area contributed by atoms with Crippen molar-refractivity contribution in [1.29, 1.82) is 0 Å². The third kappa shape index (κ3) is 6.35. The predicted octanol–water partition coefficient (Wildman–Crippen LogP) is 6.97. The van der Waals surface area contributed by atoms with Crippen molar-refractivity contribution in [3.8, 4) is 5.75 Å². The van der Waals surface area contributed by atoms with Crippen LogP contribution < -0.4 is 15.4 Å². The van der Waals surface area contributed by atoms with Crippen molar-refractivity contribution in [3.63, 3.8) is 0 Å².